The summed E-state index contributed by atoms with van der Waals surface area (Å²) in [4.78, 5) is 13.6. The number of nitrogens with zero attached hydrogens (tertiary/aromatic N) is 2. The molecule has 0 N–H and O–H groups in total. The molecule has 0 aliphatic heterocycles. The van der Waals surface area contributed by atoms with Gasteiger partial charge in [0.2, 0.25) is 0 Å². The number of alkyl halides is 3. The number of nitro benzene ring substituents is 1. The van der Waals surface area contributed by atoms with Crippen molar-refractivity contribution in [2.75, 3.05) is 0 Å². The maximum Gasteiger partial charge on any atom is 0.432 e. The lowest BCUT2D eigenvalue weighted by atomic mass is 10.2. The molecule has 2 aromatic rings. The van der Waals surface area contributed by atoms with Crippen molar-refractivity contribution >= 4 is 17.5 Å². The molecule has 7 heteroatoms. The summed E-state index contributed by atoms with van der Waals surface area (Å²) < 4.78 is 39.1. The molecule has 2 aromatic carbocycles. The third-order valence-corrected chi connectivity index (χ3v) is 3.10. The molecule has 0 saturated carbocycles. The first-order chi connectivity index (χ1) is 11.4. The van der Waals surface area contributed by atoms with Gasteiger partial charge in [-0.15, -0.1) is 0 Å². The molecule has 0 fully saturated rings. The largest absolute Gasteiger partial charge is 0.432 e. The zero-order valence-corrected chi connectivity index (χ0v) is 12.4. The van der Waals surface area contributed by atoms with Crippen molar-refractivity contribution in [1.82, 2.24) is 0 Å². The van der Waals surface area contributed by atoms with Crippen LogP contribution in [0, 0.1) is 10.1 Å². The van der Waals surface area contributed by atoms with Crippen molar-refractivity contribution in [1.29, 1.82) is 0 Å². The van der Waals surface area contributed by atoms with Gasteiger partial charge in [-0.3, -0.25) is 15.1 Å². The number of hydrogen-bond acceptors (Lipinski definition) is 3. The van der Waals surface area contributed by atoms with Crippen molar-refractivity contribution < 1.29 is 18.1 Å². The van der Waals surface area contributed by atoms with Crippen LogP contribution in [0.2, 0.25) is 0 Å². The Balaban J connectivity index is 2.17. The Morgan fingerprint density at radius 3 is 2.25 bits per heavy atom. The van der Waals surface area contributed by atoms with Gasteiger partial charge in [0, 0.05) is 12.1 Å². The second kappa shape index (κ2) is 7.54. The van der Waals surface area contributed by atoms with Crippen LogP contribution in [-0.2, 0) is 6.54 Å². The predicted octanol–water partition coefficient (Wildman–Crippen LogP) is 4.81. The normalized spacial score (nSPS) is 12.5. The molecule has 24 heavy (non-hydrogen) atoms. The number of allylic oxidation sites excluding steroid dienone is 1. The van der Waals surface area contributed by atoms with Crippen molar-refractivity contribution in [3.63, 3.8) is 0 Å². The summed E-state index contributed by atoms with van der Waals surface area (Å²) in [5.41, 5.74) is -0.0484. The van der Waals surface area contributed by atoms with Crippen LogP contribution in [0.15, 0.2) is 65.7 Å². The Morgan fingerprint density at radius 1 is 1.08 bits per heavy atom. The highest BCUT2D eigenvalue weighted by molar-refractivity contribution is 6.02. The molecule has 2 rings (SSSR count). The van der Waals surface area contributed by atoms with Crippen LogP contribution >= 0.6 is 0 Å². The predicted molar refractivity (Wildman–Crippen MR) is 85.8 cm³/mol. The molecular formula is C17H13F3N2O2. The van der Waals surface area contributed by atoms with E-state index in [0.717, 1.165) is 6.08 Å². The molecule has 0 aromatic heterocycles. The van der Waals surface area contributed by atoms with Crippen molar-refractivity contribution in [3.05, 3.63) is 81.9 Å². The summed E-state index contributed by atoms with van der Waals surface area (Å²) in [5.74, 6) is 0. The van der Waals surface area contributed by atoms with E-state index < -0.39 is 16.8 Å². The van der Waals surface area contributed by atoms with Crippen LogP contribution in [0.1, 0.15) is 11.1 Å². The minimum atomic E-state index is -4.58. The lowest BCUT2D eigenvalue weighted by Gasteiger charge is -2.07. The van der Waals surface area contributed by atoms with Gasteiger partial charge in [0.05, 0.1) is 11.5 Å². The Bertz CT molecular complexity index is 752. The molecule has 0 atom stereocenters. The molecule has 0 spiro atoms. The number of nitro groups is 1. The Hall–Kier alpha value is -2.96. The topological polar surface area (TPSA) is 55.5 Å². The average molecular weight is 334 g/mol. The Kier molecular flexibility index (Phi) is 5.47. The molecule has 0 heterocycles. The molecule has 4 nitrogen and oxygen atoms in total. The first-order valence-electron chi connectivity index (χ1n) is 6.94. The maximum atomic E-state index is 13.0. The van der Waals surface area contributed by atoms with E-state index >= 15 is 0 Å². The maximum absolute atomic E-state index is 13.0. The van der Waals surface area contributed by atoms with Crippen molar-refractivity contribution in [3.8, 4) is 0 Å². The van der Waals surface area contributed by atoms with E-state index in [4.69, 9.17) is 0 Å². The van der Waals surface area contributed by atoms with E-state index in [1.54, 1.807) is 30.3 Å². The first-order valence-corrected chi connectivity index (χ1v) is 6.94. The number of rotatable bonds is 5. The molecule has 0 bridgehead atoms. The minimum absolute atomic E-state index is 0.122. The minimum Gasteiger partial charge on any atom is -0.276 e. The summed E-state index contributed by atoms with van der Waals surface area (Å²) in [5, 5.41) is 10.5. The number of non-ortho nitro benzene ring substituents is 1. The van der Waals surface area contributed by atoms with Crippen LogP contribution in [0.25, 0.3) is 6.08 Å². The number of benzene rings is 2. The Labute approximate surface area is 136 Å². The van der Waals surface area contributed by atoms with Gasteiger partial charge in [-0.2, -0.15) is 13.2 Å². The fourth-order valence-electron chi connectivity index (χ4n) is 1.88. The van der Waals surface area contributed by atoms with Gasteiger partial charge in [0.15, 0.2) is 0 Å². The molecular weight excluding hydrogens is 321 g/mol. The standard InChI is InChI=1S/C17H13F3N2O2/c18-17(19,20)16(11-8-13-4-2-1-3-5-13)21-12-14-6-9-15(10-7-14)22(23)24/h1-11H,12H2/b11-8+,21-16?. The fourth-order valence-corrected chi connectivity index (χ4v) is 1.88. The number of aliphatic imine (C=N–C) groups is 1. The van der Waals surface area contributed by atoms with Crippen LogP contribution in [0.5, 0.6) is 0 Å². The second-order valence-electron chi connectivity index (χ2n) is 4.87. The van der Waals surface area contributed by atoms with E-state index in [-0.39, 0.29) is 12.2 Å². The lowest BCUT2D eigenvalue weighted by molar-refractivity contribution is -0.384. The highest BCUT2D eigenvalue weighted by atomic mass is 19.4. The summed E-state index contributed by atoms with van der Waals surface area (Å²) in [6.07, 6.45) is -2.32. The van der Waals surface area contributed by atoms with Gasteiger partial charge in [-0.25, -0.2) is 0 Å². The van der Waals surface area contributed by atoms with Gasteiger partial charge in [-0.05, 0) is 17.2 Å². The van der Waals surface area contributed by atoms with E-state index in [1.807, 2.05) is 0 Å². The van der Waals surface area contributed by atoms with Gasteiger partial charge in [-0.1, -0.05) is 48.5 Å². The van der Waals surface area contributed by atoms with Gasteiger partial charge in [0.25, 0.3) is 5.69 Å². The van der Waals surface area contributed by atoms with Crippen LogP contribution in [0.4, 0.5) is 18.9 Å². The van der Waals surface area contributed by atoms with E-state index in [1.165, 1.54) is 30.3 Å². The molecule has 0 aliphatic carbocycles. The summed E-state index contributed by atoms with van der Waals surface area (Å²) in [7, 11) is 0. The molecule has 0 amide bonds. The number of halogens is 3. The van der Waals surface area contributed by atoms with Gasteiger partial charge < -0.3 is 0 Å². The quantitative estimate of drug-likeness (QED) is 0.447. The highest BCUT2D eigenvalue weighted by Gasteiger charge is 2.33. The summed E-state index contributed by atoms with van der Waals surface area (Å²) in [6, 6.07) is 13.8. The van der Waals surface area contributed by atoms with Gasteiger partial charge in [0.1, 0.15) is 5.71 Å². The smallest absolute Gasteiger partial charge is 0.276 e. The van der Waals surface area contributed by atoms with Gasteiger partial charge >= 0.3 is 6.18 Å². The third kappa shape index (κ3) is 5.05. The molecule has 0 saturated heterocycles. The van der Waals surface area contributed by atoms with Crippen molar-refractivity contribution in [2.45, 2.75) is 12.7 Å². The lowest BCUT2D eigenvalue weighted by Crippen LogP contribution is -2.20. The molecule has 124 valence electrons. The molecule has 0 radical (unpaired) electrons. The van der Waals surface area contributed by atoms with Crippen molar-refractivity contribution in [2.24, 2.45) is 4.99 Å². The average Bonchev–Trinajstić information content (AvgIpc) is 2.55. The van der Waals surface area contributed by atoms with Crippen LogP contribution in [0.3, 0.4) is 0 Å². The zero-order chi connectivity index (χ0) is 17.6. The zero-order valence-electron chi connectivity index (χ0n) is 12.4. The SMILES string of the molecule is O=[N+]([O-])c1ccc(CN=C(/C=C/c2ccccc2)C(F)(F)F)cc1. The highest BCUT2D eigenvalue weighted by Crippen LogP contribution is 2.20. The first kappa shape index (κ1) is 17.4. The van der Waals surface area contributed by atoms with Crippen LogP contribution < -0.4 is 0 Å². The Morgan fingerprint density at radius 2 is 1.71 bits per heavy atom. The molecule has 0 aliphatic rings. The fraction of sp³-hybridized carbons (Fsp3) is 0.118. The van der Waals surface area contributed by atoms with Crippen LogP contribution in [-0.4, -0.2) is 16.8 Å². The summed E-state index contributed by atoms with van der Waals surface area (Å²) >= 11 is 0. The number of hydrogen-bond donors (Lipinski definition) is 0. The summed E-state index contributed by atoms with van der Waals surface area (Å²) in [6.45, 7) is -0.216. The monoisotopic (exact) mass is 334 g/mol. The molecule has 0 unspecified atom stereocenters. The van der Waals surface area contributed by atoms with E-state index in [2.05, 4.69) is 4.99 Å². The van der Waals surface area contributed by atoms with E-state index in [9.17, 15) is 23.3 Å². The van der Waals surface area contributed by atoms with E-state index in [0.29, 0.717) is 11.1 Å². The third-order valence-electron chi connectivity index (χ3n) is 3.10. The second-order valence-corrected chi connectivity index (χ2v) is 4.87.